The monoisotopic (exact) mass is 334 g/mol. The fraction of sp³-hybridized carbons (Fsp3) is 0.200. The molecule has 25 heavy (non-hydrogen) atoms. The number of methoxy groups -OCH3 is 1. The van der Waals surface area contributed by atoms with E-state index in [0.29, 0.717) is 18.5 Å². The van der Waals surface area contributed by atoms with E-state index in [0.717, 1.165) is 34.1 Å². The van der Waals surface area contributed by atoms with Gasteiger partial charge in [-0.1, -0.05) is 18.2 Å². The third-order valence-electron chi connectivity index (χ3n) is 4.71. The Morgan fingerprint density at radius 1 is 1.20 bits per heavy atom. The van der Waals surface area contributed by atoms with Crippen LogP contribution in [0.4, 0.5) is 5.69 Å². The minimum atomic E-state index is -0.355. The molecule has 2 aromatic carbocycles. The lowest BCUT2D eigenvalue weighted by molar-refractivity contribution is -0.117. The lowest BCUT2D eigenvalue weighted by Gasteiger charge is -2.17. The SMILES string of the molecule is COC(=O)c1ccc2c(c1)CCN2C(=O)Cc1c[nH]c2ccccc12. The van der Waals surface area contributed by atoms with Crippen LogP contribution in [-0.4, -0.2) is 30.5 Å². The summed E-state index contributed by atoms with van der Waals surface area (Å²) >= 11 is 0. The number of fused-ring (bicyclic) bond motifs is 2. The van der Waals surface area contributed by atoms with Crippen molar-refractivity contribution < 1.29 is 14.3 Å². The zero-order valence-corrected chi connectivity index (χ0v) is 13.9. The molecule has 1 aliphatic rings. The summed E-state index contributed by atoms with van der Waals surface area (Å²) in [5, 5.41) is 1.08. The molecule has 0 spiro atoms. The molecule has 0 atom stereocenters. The number of aromatic nitrogens is 1. The number of carbonyl (C=O) groups excluding carboxylic acids is 2. The van der Waals surface area contributed by atoms with E-state index in [1.165, 1.54) is 7.11 Å². The number of esters is 1. The zero-order chi connectivity index (χ0) is 17.4. The zero-order valence-electron chi connectivity index (χ0n) is 13.9. The van der Waals surface area contributed by atoms with Gasteiger partial charge >= 0.3 is 5.97 Å². The van der Waals surface area contributed by atoms with Crippen molar-refractivity contribution in [3.63, 3.8) is 0 Å². The van der Waals surface area contributed by atoms with Crippen LogP contribution in [0.2, 0.25) is 0 Å². The van der Waals surface area contributed by atoms with Gasteiger partial charge in [0.05, 0.1) is 19.1 Å². The number of hydrogen-bond donors (Lipinski definition) is 1. The fourth-order valence-corrected chi connectivity index (χ4v) is 3.44. The third-order valence-corrected chi connectivity index (χ3v) is 4.71. The number of para-hydroxylation sites is 1. The number of nitrogens with one attached hydrogen (secondary N) is 1. The molecule has 4 rings (SSSR count). The average Bonchev–Trinajstić information content (AvgIpc) is 3.25. The fourth-order valence-electron chi connectivity index (χ4n) is 3.44. The predicted molar refractivity (Wildman–Crippen MR) is 95.8 cm³/mol. The molecule has 1 amide bonds. The molecule has 0 unspecified atom stereocenters. The molecule has 5 heteroatoms. The number of rotatable bonds is 3. The molecular formula is C20H18N2O3. The average molecular weight is 334 g/mol. The molecule has 5 nitrogen and oxygen atoms in total. The molecule has 0 aliphatic carbocycles. The summed E-state index contributed by atoms with van der Waals surface area (Å²) in [5.41, 5.74) is 4.45. The van der Waals surface area contributed by atoms with Gasteiger partial charge in [-0.2, -0.15) is 0 Å². The molecule has 1 aliphatic heterocycles. The van der Waals surface area contributed by atoms with Crippen molar-refractivity contribution in [1.29, 1.82) is 0 Å². The van der Waals surface area contributed by atoms with Crippen LogP contribution in [0.15, 0.2) is 48.7 Å². The lowest BCUT2D eigenvalue weighted by atomic mass is 10.1. The van der Waals surface area contributed by atoms with Gasteiger partial charge in [-0.3, -0.25) is 4.79 Å². The highest BCUT2D eigenvalue weighted by Gasteiger charge is 2.26. The van der Waals surface area contributed by atoms with E-state index in [4.69, 9.17) is 4.74 Å². The highest BCUT2D eigenvalue weighted by molar-refractivity contribution is 6.00. The molecule has 0 saturated carbocycles. The van der Waals surface area contributed by atoms with E-state index in [1.807, 2.05) is 42.6 Å². The molecule has 0 fully saturated rings. The summed E-state index contributed by atoms with van der Waals surface area (Å²) in [7, 11) is 1.37. The Labute approximate surface area is 145 Å². The third kappa shape index (κ3) is 2.67. The maximum atomic E-state index is 12.8. The Morgan fingerprint density at radius 3 is 2.88 bits per heavy atom. The van der Waals surface area contributed by atoms with Crippen LogP contribution in [0.5, 0.6) is 0 Å². The van der Waals surface area contributed by atoms with Gasteiger partial charge in [0.1, 0.15) is 0 Å². The number of nitrogens with zero attached hydrogens (tertiary/aromatic N) is 1. The summed E-state index contributed by atoms with van der Waals surface area (Å²) in [6.45, 7) is 0.640. The first-order valence-electron chi connectivity index (χ1n) is 8.24. The van der Waals surface area contributed by atoms with Crippen LogP contribution in [-0.2, 0) is 22.4 Å². The van der Waals surface area contributed by atoms with Crippen LogP contribution in [0.25, 0.3) is 10.9 Å². The van der Waals surface area contributed by atoms with Gasteiger partial charge in [0, 0.05) is 29.3 Å². The molecule has 0 saturated heterocycles. The summed E-state index contributed by atoms with van der Waals surface area (Å²) in [6.07, 6.45) is 3.00. The topological polar surface area (TPSA) is 62.4 Å². The second-order valence-electron chi connectivity index (χ2n) is 6.17. The molecule has 1 N–H and O–H groups in total. The number of hydrogen-bond acceptors (Lipinski definition) is 3. The number of benzene rings is 2. The molecule has 0 radical (unpaired) electrons. The quantitative estimate of drug-likeness (QED) is 0.749. The van der Waals surface area contributed by atoms with Crippen molar-refractivity contribution in [3.05, 3.63) is 65.4 Å². The number of amides is 1. The number of H-pyrrole nitrogens is 1. The summed E-state index contributed by atoms with van der Waals surface area (Å²) in [4.78, 5) is 29.5. The van der Waals surface area contributed by atoms with Gasteiger partial charge in [0.2, 0.25) is 5.91 Å². The number of carbonyl (C=O) groups is 2. The highest BCUT2D eigenvalue weighted by Crippen LogP contribution is 2.30. The van der Waals surface area contributed by atoms with Crippen LogP contribution in [0.3, 0.4) is 0 Å². The largest absolute Gasteiger partial charge is 0.465 e. The Hall–Kier alpha value is -3.08. The second-order valence-corrected chi connectivity index (χ2v) is 6.17. The van der Waals surface area contributed by atoms with Gasteiger partial charge in [-0.15, -0.1) is 0 Å². The van der Waals surface area contributed by atoms with Crippen molar-refractivity contribution in [3.8, 4) is 0 Å². The number of ether oxygens (including phenoxy) is 1. The Kier molecular flexibility index (Phi) is 3.76. The molecule has 126 valence electrons. The smallest absolute Gasteiger partial charge is 0.337 e. The van der Waals surface area contributed by atoms with Gasteiger partial charge in [0.25, 0.3) is 0 Å². The van der Waals surface area contributed by atoms with E-state index in [1.54, 1.807) is 11.0 Å². The predicted octanol–water partition coefficient (Wildman–Crippen LogP) is 3.09. The van der Waals surface area contributed by atoms with Crippen LogP contribution in [0.1, 0.15) is 21.5 Å². The Balaban J connectivity index is 1.58. The number of aromatic amines is 1. The first-order chi connectivity index (χ1) is 12.2. The van der Waals surface area contributed by atoms with Crippen molar-refractivity contribution in [1.82, 2.24) is 4.98 Å². The molecule has 0 bridgehead atoms. The van der Waals surface area contributed by atoms with E-state index >= 15 is 0 Å². The summed E-state index contributed by atoms with van der Waals surface area (Å²) in [6, 6.07) is 13.3. The molecule has 2 heterocycles. The second kappa shape index (κ2) is 6.09. The first-order valence-corrected chi connectivity index (χ1v) is 8.24. The van der Waals surface area contributed by atoms with Crippen LogP contribution >= 0.6 is 0 Å². The van der Waals surface area contributed by atoms with Crippen molar-refractivity contribution >= 4 is 28.5 Å². The minimum absolute atomic E-state index is 0.0642. The normalized spacial score (nSPS) is 13.1. The molecule has 1 aromatic heterocycles. The first kappa shape index (κ1) is 15.4. The minimum Gasteiger partial charge on any atom is -0.465 e. The maximum absolute atomic E-state index is 12.8. The summed E-state index contributed by atoms with van der Waals surface area (Å²) in [5.74, 6) is -0.291. The van der Waals surface area contributed by atoms with Crippen molar-refractivity contribution in [2.75, 3.05) is 18.6 Å². The van der Waals surface area contributed by atoms with Gasteiger partial charge in [-0.25, -0.2) is 4.79 Å². The molecular weight excluding hydrogens is 316 g/mol. The number of anilines is 1. The van der Waals surface area contributed by atoms with E-state index < -0.39 is 0 Å². The van der Waals surface area contributed by atoms with E-state index in [9.17, 15) is 9.59 Å². The van der Waals surface area contributed by atoms with E-state index in [2.05, 4.69) is 4.98 Å². The lowest BCUT2D eigenvalue weighted by Crippen LogP contribution is -2.30. The van der Waals surface area contributed by atoms with Gasteiger partial charge in [0.15, 0.2) is 0 Å². The Morgan fingerprint density at radius 2 is 2.04 bits per heavy atom. The highest BCUT2D eigenvalue weighted by atomic mass is 16.5. The van der Waals surface area contributed by atoms with Crippen molar-refractivity contribution in [2.45, 2.75) is 12.8 Å². The summed E-state index contributed by atoms with van der Waals surface area (Å²) < 4.78 is 4.76. The molecule has 3 aromatic rings. The van der Waals surface area contributed by atoms with Gasteiger partial charge in [-0.05, 0) is 41.8 Å². The van der Waals surface area contributed by atoms with E-state index in [-0.39, 0.29) is 11.9 Å². The Bertz CT molecular complexity index is 974. The van der Waals surface area contributed by atoms with Crippen molar-refractivity contribution in [2.24, 2.45) is 0 Å². The standard InChI is InChI=1S/C20H18N2O3/c1-25-20(24)14-6-7-18-13(10-14)8-9-22(18)19(23)11-15-12-21-17-5-3-2-4-16(15)17/h2-7,10,12,21H,8-9,11H2,1H3. The van der Waals surface area contributed by atoms with Gasteiger partial charge < -0.3 is 14.6 Å². The maximum Gasteiger partial charge on any atom is 0.337 e. The van der Waals surface area contributed by atoms with Crippen LogP contribution in [0, 0.1) is 0 Å². The van der Waals surface area contributed by atoms with Crippen LogP contribution < -0.4 is 4.90 Å².